The number of piperazine rings is 1. The van der Waals surface area contributed by atoms with Crippen molar-refractivity contribution in [2.45, 2.75) is 11.6 Å². The number of nitrogens with zero attached hydrogens (tertiary/aromatic N) is 7. The van der Waals surface area contributed by atoms with Crippen LogP contribution in [0.25, 0.3) is 16.9 Å². The van der Waals surface area contributed by atoms with Gasteiger partial charge in [-0.05, 0) is 43.4 Å². The minimum atomic E-state index is -3.05. The van der Waals surface area contributed by atoms with Gasteiger partial charge in [0, 0.05) is 50.0 Å². The largest absolute Gasteiger partial charge is 0.369 e. The molecule has 0 bridgehead atoms. The van der Waals surface area contributed by atoms with Gasteiger partial charge in [0.05, 0.1) is 16.3 Å². The van der Waals surface area contributed by atoms with E-state index < -0.39 is 9.73 Å². The summed E-state index contributed by atoms with van der Waals surface area (Å²) >= 11 is 0. The fourth-order valence-electron chi connectivity index (χ4n) is 4.30. The molecule has 192 valence electrons. The van der Waals surface area contributed by atoms with E-state index in [1.807, 2.05) is 12.1 Å². The van der Waals surface area contributed by atoms with Crippen LogP contribution in [0.1, 0.15) is 0 Å². The highest BCUT2D eigenvalue weighted by molar-refractivity contribution is 7.91. The summed E-state index contributed by atoms with van der Waals surface area (Å²) in [6, 6.07) is 13.0. The van der Waals surface area contributed by atoms with Gasteiger partial charge in [0.1, 0.15) is 10.4 Å². The molecule has 37 heavy (non-hydrogen) atoms. The Kier molecular flexibility index (Phi) is 6.52. The Bertz CT molecular complexity index is 1620. The Labute approximate surface area is 215 Å². The van der Waals surface area contributed by atoms with Crippen molar-refractivity contribution in [1.82, 2.24) is 29.2 Å². The zero-order valence-corrected chi connectivity index (χ0v) is 21.6. The van der Waals surface area contributed by atoms with Crippen molar-refractivity contribution < 1.29 is 4.21 Å². The summed E-state index contributed by atoms with van der Waals surface area (Å²) in [6.07, 6.45) is 4.39. The fourth-order valence-corrected chi connectivity index (χ4v) is 4.90. The molecule has 1 saturated heterocycles. The summed E-state index contributed by atoms with van der Waals surface area (Å²) in [4.78, 5) is 31.2. The number of allylic oxidation sites excluding steroid dienone is 1. The van der Waals surface area contributed by atoms with Crippen LogP contribution in [-0.4, -0.2) is 72.9 Å². The predicted molar refractivity (Wildman–Crippen MR) is 146 cm³/mol. The molecule has 0 spiro atoms. The van der Waals surface area contributed by atoms with Crippen LogP contribution < -0.4 is 15.8 Å². The quantitative estimate of drug-likeness (QED) is 0.357. The third kappa shape index (κ3) is 4.98. The van der Waals surface area contributed by atoms with Crippen LogP contribution in [0.2, 0.25) is 0 Å². The highest BCUT2D eigenvalue weighted by atomic mass is 32.2. The monoisotopic (exact) mass is 519 g/mol. The number of likely N-dealkylation sites (N-methyl/N-ethyl adjacent to an activating group) is 1. The Morgan fingerprint density at radius 3 is 2.51 bits per heavy atom. The first-order valence-corrected chi connectivity index (χ1v) is 13.8. The maximum atomic E-state index is 13.1. The maximum Gasteiger partial charge on any atom is 0.278 e. The normalized spacial score (nSPS) is 16.0. The van der Waals surface area contributed by atoms with Crippen molar-refractivity contribution in [3.05, 3.63) is 71.7 Å². The lowest BCUT2D eigenvalue weighted by atomic mass is 10.2. The van der Waals surface area contributed by atoms with Crippen LogP contribution in [0.3, 0.4) is 0 Å². The van der Waals surface area contributed by atoms with E-state index in [0.717, 1.165) is 31.9 Å². The Hall–Kier alpha value is -4.03. The van der Waals surface area contributed by atoms with Gasteiger partial charge in [-0.1, -0.05) is 12.1 Å². The molecule has 3 aromatic heterocycles. The van der Waals surface area contributed by atoms with E-state index in [0.29, 0.717) is 22.8 Å². The number of hydrogen-bond donors (Lipinski definition) is 2. The molecule has 1 atom stereocenters. The van der Waals surface area contributed by atoms with E-state index in [-0.39, 0.29) is 17.1 Å². The average molecular weight is 520 g/mol. The van der Waals surface area contributed by atoms with Gasteiger partial charge in [-0.2, -0.15) is 4.98 Å². The standard InChI is InChI=1S/C25H29N9O2S/c1-4-12-33-24(35)20-17-27-25(28-18-8-10-19(11-9-18)32-15-13-31(2)14-16-32)30-23(20)34(33)21-6-5-7-22(29-21)37(3,26)36/h4-11,17,26H,1,12-16H2,2-3H3,(H,27,28,30). The zero-order valence-electron chi connectivity index (χ0n) is 20.8. The van der Waals surface area contributed by atoms with E-state index >= 15 is 0 Å². The zero-order chi connectivity index (χ0) is 26.2. The van der Waals surface area contributed by atoms with Crippen LogP contribution in [0.5, 0.6) is 0 Å². The van der Waals surface area contributed by atoms with Gasteiger partial charge >= 0.3 is 0 Å². The predicted octanol–water partition coefficient (Wildman–Crippen LogP) is 2.69. The van der Waals surface area contributed by atoms with Crippen LogP contribution in [0, 0.1) is 4.78 Å². The molecule has 1 aromatic carbocycles. The number of nitrogens with one attached hydrogen (secondary N) is 2. The number of fused-ring (bicyclic) bond motifs is 1. The van der Waals surface area contributed by atoms with Crippen molar-refractivity contribution in [1.29, 1.82) is 4.78 Å². The summed E-state index contributed by atoms with van der Waals surface area (Å²) in [7, 11) is -0.916. The molecule has 12 heteroatoms. The molecule has 1 aliphatic rings. The second-order valence-electron chi connectivity index (χ2n) is 9.06. The van der Waals surface area contributed by atoms with Gasteiger partial charge in [0.2, 0.25) is 5.95 Å². The van der Waals surface area contributed by atoms with Gasteiger partial charge in [0.15, 0.2) is 11.5 Å². The van der Waals surface area contributed by atoms with Crippen molar-refractivity contribution in [3.8, 4) is 5.82 Å². The molecule has 2 N–H and O–H groups in total. The summed E-state index contributed by atoms with van der Waals surface area (Å²) in [5.74, 6) is 0.648. The van der Waals surface area contributed by atoms with Crippen LogP contribution >= 0.6 is 0 Å². The lowest BCUT2D eigenvalue weighted by molar-refractivity contribution is 0.313. The number of benzene rings is 1. The number of pyridine rings is 1. The molecule has 1 fully saturated rings. The van der Waals surface area contributed by atoms with Crippen molar-refractivity contribution in [3.63, 3.8) is 0 Å². The molecule has 1 unspecified atom stereocenters. The fraction of sp³-hybridized carbons (Fsp3) is 0.280. The second-order valence-corrected chi connectivity index (χ2v) is 11.2. The van der Waals surface area contributed by atoms with Crippen molar-refractivity contribution in [2.75, 3.05) is 49.7 Å². The lowest BCUT2D eigenvalue weighted by Crippen LogP contribution is -2.44. The minimum absolute atomic E-state index is 0.122. The number of hydrogen-bond acceptors (Lipinski definition) is 9. The number of anilines is 3. The summed E-state index contributed by atoms with van der Waals surface area (Å²) in [6.45, 7) is 8.02. The Morgan fingerprint density at radius 2 is 1.84 bits per heavy atom. The third-order valence-electron chi connectivity index (χ3n) is 6.29. The van der Waals surface area contributed by atoms with Crippen LogP contribution in [0.4, 0.5) is 17.3 Å². The van der Waals surface area contributed by atoms with E-state index in [2.05, 4.69) is 55.8 Å². The maximum absolute atomic E-state index is 13.1. The molecule has 4 aromatic rings. The smallest absolute Gasteiger partial charge is 0.278 e. The Morgan fingerprint density at radius 1 is 1.11 bits per heavy atom. The van der Waals surface area contributed by atoms with Crippen LogP contribution in [0.15, 0.2) is 71.1 Å². The Balaban J connectivity index is 1.51. The first kappa shape index (κ1) is 24.7. The van der Waals surface area contributed by atoms with Gasteiger partial charge < -0.3 is 15.1 Å². The SMILES string of the molecule is C=CCn1c(=O)c2cnc(Nc3ccc(N4CCN(C)CC4)cc3)nc2n1-c1cccc(S(C)(=N)=O)n1. The number of aromatic nitrogens is 5. The lowest BCUT2D eigenvalue weighted by Gasteiger charge is -2.34. The molecule has 0 aliphatic carbocycles. The number of rotatable bonds is 7. The van der Waals surface area contributed by atoms with Gasteiger partial charge in [0.25, 0.3) is 5.56 Å². The highest BCUT2D eigenvalue weighted by Gasteiger charge is 2.19. The summed E-state index contributed by atoms with van der Waals surface area (Å²) in [5.41, 5.74) is 2.03. The van der Waals surface area contributed by atoms with E-state index in [1.165, 1.54) is 28.9 Å². The van der Waals surface area contributed by atoms with Gasteiger partial charge in [-0.25, -0.2) is 28.3 Å². The molecular weight excluding hydrogens is 490 g/mol. The first-order chi connectivity index (χ1) is 17.7. The second kappa shape index (κ2) is 9.79. The third-order valence-corrected chi connectivity index (χ3v) is 7.32. The molecule has 4 heterocycles. The van der Waals surface area contributed by atoms with Crippen molar-refractivity contribution in [2.24, 2.45) is 0 Å². The molecule has 1 aliphatic heterocycles. The summed E-state index contributed by atoms with van der Waals surface area (Å²) < 4.78 is 23.2. The highest BCUT2D eigenvalue weighted by Crippen LogP contribution is 2.22. The average Bonchev–Trinajstić information content (AvgIpc) is 3.15. The molecular formula is C25H29N9O2S. The van der Waals surface area contributed by atoms with Gasteiger partial charge in [-0.15, -0.1) is 6.58 Å². The molecule has 0 saturated carbocycles. The van der Waals surface area contributed by atoms with E-state index in [4.69, 9.17) is 4.78 Å². The van der Waals surface area contributed by atoms with Gasteiger partial charge in [-0.3, -0.25) is 4.79 Å². The molecule has 0 amide bonds. The molecule has 0 radical (unpaired) electrons. The molecule has 5 rings (SSSR count). The van der Waals surface area contributed by atoms with Crippen molar-refractivity contribution >= 4 is 38.1 Å². The van der Waals surface area contributed by atoms with E-state index in [1.54, 1.807) is 22.9 Å². The minimum Gasteiger partial charge on any atom is -0.369 e. The topological polar surface area (TPSA) is 125 Å². The molecule has 11 nitrogen and oxygen atoms in total. The first-order valence-electron chi connectivity index (χ1n) is 11.9. The summed E-state index contributed by atoms with van der Waals surface area (Å²) in [5, 5.41) is 3.65. The van der Waals surface area contributed by atoms with E-state index in [9.17, 15) is 9.00 Å². The van der Waals surface area contributed by atoms with Crippen LogP contribution in [-0.2, 0) is 16.3 Å².